The van der Waals surface area contributed by atoms with E-state index in [1.165, 1.54) is 32.1 Å². The van der Waals surface area contributed by atoms with Crippen molar-refractivity contribution in [3.05, 3.63) is 51.6 Å². The molecule has 1 aromatic carbocycles. The molecule has 0 fully saturated rings. The molecular weight excluding hydrogens is 399 g/mol. The smallest absolute Gasteiger partial charge is 0.348 e. The lowest BCUT2D eigenvalue weighted by molar-refractivity contribution is -0.140. The van der Waals surface area contributed by atoms with Gasteiger partial charge in [0.2, 0.25) is 5.91 Å². The summed E-state index contributed by atoms with van der Waals surface area (Å²) in [7, 11) is 4.38. The van der Waals surface area contributed by atoms with Gasteiger partial charge in [-0.1, -0.05) is 0 Å². The molecule has 0 bridgehead atoms. The van der Waals surface area contributed by atoms with Gasteiger partial charge in [-0.05, 0) is 23.8 Å². The molecule has 0 aliphatic heterocycles. The standard InChI is InChI=1S/C18H15F5N4O2/c1-26(2)14(28)7-12-9(6-13-16(24-12)27(3)17(29)25-13)8-4-10(18(21,22)23)15(20)11(19)5-8/h4-6H,7H2,1-3H3,(H,25,29). The van der Waals surface area contributed by atoms with E-state index in [1.807, 2.05) is 0 Å². The number of hydrogen-bond acceptors (Lipinski definition) is 3. The number of alkyl halides is 3. The number of likely N-dealkylation sites (N-methyl/N-ethyl adjacent to an activating group) is 1. The number of carbonyl (C=O) groups excluding carboxylic acids is 1. The molecule has 3 rings (SSSR count). The zero-order valence-electron chi connectivity index (χ0n) is 15.5. The molecule has 1 amide bonds. The highest BCUT2D eigenvalue weighted by molar-refractivity contribution is 5.85. The van der Waals surface area contributed by atoms with Crippen LogP contribution in [0.4, 0.5) is 22.0 Å². The van der Waals surface area contributed by atoms with Gasteiger partial charge in [-0.25, -0.2) is 18.6 Å². The van der Waals surface area contributed by atoms with Gasteiger partial charge in [0.05, 0.1) is 23.2 Å². The first-order valence-corrected chi connectivity index (χ1v) is 8.25. The number of carbonyl (C=O) groups is 1. The van der Waals surface area contributed by atoms with Gasteiger partial charge in [0.15, 0.2) is 17.3 Å². The molecule has 0 aliphatic rings. The summed E-state index contributed by atoms with van der Waals surface area (Å²) in [4.78, 5) is 32.0. The zero-order chi connectivity index (χ0) is 21.7. The number of fused-ring (bicyclic) bond motifs is 1. The number of benzene rings is 1. The van der Waals surface area contributed by atoms with Crippen LogP contribution in [0.15, 0.2) is 23.0 Å². The summed E-state index contributed by atoms with van der Waals surface area (Å²) in [5.41, 5.74) is -2.30. The van der Waals surface area contributed by atoms with Gasteiger partial charge >= 0.3 is 11.9 Å². The average molecular weight is 414 g/mol. The van der Waals surface area contributed by atoms with E-state index in [0.717, 1.165) is 4.57 Å². The van der Waals surface area contributed by atoms with Crippen molar-refractivity contribution >= 4 is 17.1 Å². The molecule has 0 saturated carbocycles. The van der Waals surface area contributed by atoms with E-state index < -0.39 is 35.0 Å². The predicted molar refractivity (Wildman–Crippen MR) is 94.1 cm³/mol. The Morgan fingerprint density at radius 3 is 2.45 bits per heavy atom. The van der Waals surface area contributed by atoms with Gasteiger partial charge in [0.25, 0.3) is 0 Å². The molecule has 1 N–H and O–H groups in total. The number of halogens is 5. The Morgan fingerprint density at radius 2 is 1.86 bits per heavy atom. The van der Waals surface area contributed by atoms with E-state index in [1.54, 1.807) is 0 Å². The van der Waals surface area contributed by atoms with Crippen LogP contribution in [-0.4, -0.2) is 39.4 Å². The van der Waals surface area contributed by atoms with Gasteiger partial charge in [-0.15, -0.1) is 0 Å². The molecule has 2 heterocycles. The van der Waals surface area contributed by atoms with Crippen molar-refractivity contribution in [1.29, 1.82) is 0 Å². The topological polar surface area (TPSA) is 71.0 Å². The van der Waals surface area contributed by atoms with Crippen molar-refractivity contribution in [3.8, 4) is 11.1 Å². The maximum absolute atomic E-state index is 13.9. The molecule has 154 valence electrons. The quantitative estimate of drug-likeness (QED) is 0.670. The van der Waals surface area contributed by atoms with E-state index >= 15 is 0 Å². The minimum Gasteiger partial charge on any atom is -0.348 e. The minimum absolute atomic E-state index is 0.0185. The normalized spacial score (nSPS) is 11.9. The van der Waals surface area contributed by atoms with Crippen molar-refractivity contribution in [2.24, 2.45) is 7.05 Å². The van der Waals surface area contributed by atoms with Gasteiger partial charge in [-0.2, -0.15) is 13.2 Å². The number of nitrogens with zero attached hydrogens (tertiary/aromatic N) is 3. The Balaban J connectivity index is 2.31. The average Bonchev–Trinajstić information content (AvgIpc) is 2.89. The summed E-state index contributed by atoms with van der Waals surface area (Å²) in [6.45, 7) is 0. The largest absolute Gasteiger partial charge is 0.419 e. The fraction of sp³-hybridized carbons (Fsp3) is 0.278. The number of nitrogens with one attached hydrogen (secondary N) is 1. The van der Waals surface area contributed by atoms with Crippen molar-refractivity contribution in [2.75, 3.05) is 14.1 Å². The summed E-state index contributed by atoms with van der Waals surface area (Å²) in [5.74, 6) is -4.13. The Hall–Kier alpha value is -3.24. The number of aromatic amines is 1. The minimum atomic E-state index is -5.13. The molecule has 3 aromatic rings. The second kappa shape index (κ2) is 6.98. The highest BCUT2D eigenvalue weighted by atomic mass is 19.4. The van der Waals surface area contributed by atoms with Crippen LogP contribution in [0, 0.1) is 11.6 Å². The molecule has 2 aromatic heterocycles. The number of aromatic nitrogens is 3. The fourth-order valence-corrected chi connectivity index (χ4v) is 2.82. The number of hydrogen-bond donors (Lipinski definition) is 1. The molecule has 0 atom stereocenters. The first-order chi connectivity index (χ1) is 13.4. The lowest BCUT2D eigenvalue weighted by atomic mass is 9.98. The van der Waals surface area contributed by atoms with Crippen molar-refractivity contribution < 1.29 is 26.7 Å². The third-order valence-corrected chi connectivity index (χ3v) is 4.41. The monoisotopic (exact) mass is 414 g/mol. The molecule has 0 spiro atoms. The highest BCUT2D eigenvalue weighted by Gasteiger charge is 2.36. The Kier molecular flexibility index (Phi) is 4.93. The van der Waals surface area contributed by atoms with Gasteiger partial charge in [-0.3, -0.25) is 9.36 Å². The molecular formula is C18H15F5N4O2. The lowest BCUT2D eigenvalue weighted by Crippen LogP contribution is -2.24. The second-order valence-corrected chi connectivity index (χ2v) is 6.63. The summed E-state index contributed by atoms with van der Waals surface area (Å²) in [5, 5.41) is 0. The molecule has 0 radical (unpaired) electrons. The number of pyridine rings is 1. The summed E-state index contributed by atoms with van der Waals surface area (Å²) in [6.07, 6.45) is -5.45. The number of rotatable bonds is 3. The fourth-order valence-electron chi connectivity index (χ4n) is 2.82. The predicted octanol–water partition coefficient (Wildman–Crippen LogP) is 2.86. The first-order valence-electron chi connectivity index (χ1n) is 8.25. The SMILES string of the molecule is CN(C)C(=O)Cc1nc2c(cc1-c1cc(F)c(F)c(C(F)(F)F)c1)[nH]c(=O)n2C. The van der Waals surface area contributed by atoms with Crippen LogP contribution in [0.3, 0.4) is 0 Å². The van der Waals surface area contributed by atoms with Gasteiger partial charge in [0, 0.05) is 26.7 Å². The summed E-state index contributed by atoms with van der Waals surface area (Å²) < 4.78 is 68.1. The van der Waals surface area contributed by atoms with Crippen molar-refractivity contribution in [1.82, 2.24) is 19.4 Å². The molecule has 0 aliphatic carbocycles. The number of imidazole rings is 1. The molecule has 6 nitrogen and oxygen atoms in total. The van der Waals surface area contributed by atoms with E-state index in [-0.39, 0.29) is 34.4 Å². The number of amides is 1. The van der Waals surface area contributed by atoms with Crippen LogP contribution < -0.4 is 5.69 Å². The summed E-state index contributed by atoms with van der Waals surface area (Å²) in [6, 6.07) is 2.33. The zero-order valence-corrected chi connectivity index (χ0v) is 15.5. The van der Waals surface area contributed by atoms with Crippen molar-refractivity contribution in [3.63, 3.8) is 0 Å². The van der Waals surface area contributed by atoms with Crippen LogP contribution in [0.5, 0.6) is 0 Å². The third-order valence-electron chi connectivity index (χ3n) is 4.41. The van der Waals surface area contributed by atoms with E-state index in [0.29, 0.717) is 12.1 Å². The highest BCUT2D eigenvalue weighted by Crippen LogP contribution is 2.36. The van der Waals surface area contributed by atoms with Crippen molar-refractivity contribution in [2.45, 2.75) is 12.6 Å². The van der Waals surface area contributed by atoms with Crippen LogP contribution in [0.2, 0.25) is 0 Å². The number of aryl methyl sites for hydroxylation is 1. The Morgan fingerprint density at radius 1 is 1.21 bits per heavy atom. The van der Waals surface area contributed by atoms with E-state index in [4.69, 9.17) is 0 Å². The second-order valence-electron chi connectivity index (χ2n) is 6.63. The van der Waals surface area contributed by atoms with Crippen LogP contribution in [-0.2, 0) is 24.4 Å². The molecule has 0 saturated heterocycles. The Labute approximate surface area is 160 Å². The number of H-pyrrole nitrogens is 1. The lowest BCUT2D eigenvalue weighted by Gasteiger charge is -2.15. The first kappa shape index (κ1) is 20.5. The van der Waals surface area contributed by atoms with Gasteiger partial charge in [0.1, 0.15) is 0 Å². The maximum atomic E-state index is 13.9. The van der Waals surface area contributed by atoms with E-state index in [9.17, 15) is 31.5 Å². The van der Waals surface area contributed by atoms with Crippen LogP contribution in [0.25, 0.3) is 22.3 Å². The van der Waals surface area contributed by atoms with Crippen LogP contribution in [0.1, 0.15) is 11.3 Å². The summed E-state index contributed by atoms with van der Waals surface area (Å²) >= 11 is 0. The maximum Gasteiger partial charge on any atom is 0.419 e. The Bertz CT molecular complexity index is 1180. The van der Waals surface area contributed by atoms with Gasteiger partial charge < -0.3 is 9.88 Å². The molecule has 29 heavy (non-hydrogen) atoms. The molecule has 0 unspecified atom stereocenters. The third kappa shape index (κ3) is 3.71. The molecule has 11 heteroatoms. The van der Waals surface area contributed by atoms with E-state index in [2.05, 4.69) is 9.97 Å². The van der Waals surface area contributed by atoms with Crippen LogP contribution >= 0.6 is 0 Å².